The first-order valence-electron chi connectivity index (χ1n) is 5.02. The second-order valence-corrected chi connectivity index (χ2v) is 3.79. The van der Waals surface area contributed by atoms with Gasteiger partial charge in [0.1, 0.15) is 5.88 Å². The molecule has 0 aliphatic carbocycles. The minimum atomic E-state index is -0.0688. The molecule has 0 aromatic heterocycles. The molecule has 0 saturated heterocycles. The second kappa shape index (κ2) is 5.17. The zero-order chi connectivity index (χ0) is 11.4. The van der Waals surface area contributed by atoms with Gasteiger partial charge in [-0.05, 0) is 24.5 Å². The normalized spacial score (nSPS) is 10.1. The Labute approximate surface area is 95.8 Å². The van der Waals surface area contributed by atoms with Gasteiger partial charge in [-0.15, -0.1) is 11.6 Å². The Morgan fingerprint density at radius 1 is 1.47 bits per heavy atom. The third-order valence-corrected chi connectivity index (χ3v) is 2.75. The van der Waals surface area contributed by atoms with Crippen molar-refractivity contribution in [2.75, 3.05) is 17.8 Å². The lowest BCUT2D eigenvalue weighted by Crippen LogP contribution is -2.28. The van der Waals surface area contributed by atoms with E-state index in [0.717, 1.165) is 17.7 Å². The number of anilines is 1. The highest BCUT2D eigenvalue weighted by Gasteiger charge is 2.14. The van der Waals surface area contributed by atoms with Crippen molar-refractivity contribution in [2.24, 2.45) is 0 Å². The van der Waals surface area contributed by atoms with Crippen LogP contribution in [0.1, 0.15) is 18.1 Å². The molecule has 0 spiro atoms. The molecule has 0 fully saturated rings. The van der Waals surface area contributed by atoms with Crippen LogP contribution in [-0.2, 0) is 11.2 Å². The van der Waals surface area contributed by atoms with Crippen molar-refractivity contribution in [2.45, 2.75) is 20.3 Å². The number of amides is 1. The molecule has 2 nitrogen and oxygen atoms in total. The summed E-state index contributed by atoms with van der Waals surface area (Å²) in [6.45, 7) is 4.09. The van der Waals surface area contributed by atoms with E-state index in [2.05, 4.69) is 6.92 Å². The van der Waals surface area contributed by atoms with Crippen molar-refractivity contribution in [3.05, 3.63) is 29.3 Å². The van der Waals surface area contributed by atoms with E-state index >= 15 is 0 Å². The molecular formula is C12H16ClNO. The first-order valence-corrected chi connectivity index (χ1v) is 5.56. The molecule has 0 aliphatic rings. The van der Waals surface area contributed by atoms with Crippen molar-refractivity contribution >= 4 is 23.2 Å². The van der Waals surface area contributed by atoms with Gasteiger partial charge in [0.15, 0.2) is 0 Å². The van der Waals surface area contributed by atoms with Crippen molar-refractivity contribution < 1.29 is 4.79 Å². The zero-order valence-electron chi connectivity index (χ0n) is 9.38. The molecule has 3 heteroatoms. The van der Waals surface area contributed by atoms with Gasteiger partial charge in [-0.1, -0.05) is 25.1 Å². The molecule has 15 heavy (non-hydrogen) atoms. The standard InChI is InChI=1S/C12H16ClNO/c1-4-10-7-5-6-9(2)12(10)14(3)11(15)8-13/h5-7H,4,8H2,1-3H3. The minimum Gasteiger partial charge on any atom is -0.314 e. The third-order valence-electron chi connectivity index (χ3n) is 2.53. The first kappa shape index (κ1) is 12.1. The Hall–Kier alpha value is -1.02. The monoisotopic (exact) mass is 225 g/mol. The molecule has 0 aliphatic heterocycles. The maximum absolute atomic E-state index is 11.5. The number of halogens is 1. The maximum atomic E-state index is 11.5. The van der Waals surface area contributed by atoms with Gasteiger partial charge in [-0.2, -0.15) is 0 Å². The van der Waals surface area contributed by atoms with Gasteiger partial charge in [-0.25, -0.2) is 0 Å². The summed E-state index contributed by atoms with van der Waals surface area (Å²) < 4.78 is 0. The lowest BCUT2D eigenvalue weighted by molar-refractivity contribution is -0.116. The molecule has 1 amide bonds. The summed E-state index contributed by atoms with van der Waals surface area (Å²) in [5.41, 5.74) is 3.27. The number of alkyl halides is 1. The largest absolute Gasteiger partial charge is 0.314 e. The lowest BCUT2D eigenvalue weighted by atomic mass is 10.0. The fraction of sp³-hybridized carbons (Fsp3) is 0.417. The van der Waals surface area contributed by atoms with Crippen molar-refractivity contribution in [1.29, 1.82) is 0 Å². The Balaban J connectivity index is 3.16. The van der Waals surface area contributed by atoms with Gasteiger partial charge < -0.3 is 4.90 Å². The van der Waals surface area contributed by atoms with Crippen LogP contribution in [0.2, 0.25) is 0 Å². The summed E-state index contributed by atoms with van der Waals surface area (Å²) in [6, 6.07) is 6.06. The highest BCUT2D eigenvalue weighted by molar-refractivity contribution is 6.29. The highest BCUT2D eigenvalue weighted by Crippen LogP contribution is 2.24. The van der Waals surface area contributed by atoms with E-state index in [1.807, 2.05) is 25.1 Å². The number of nitrogens with zero attached hydrogens (tertiary/aromatic N) is 1. The second-order valence-electron chi connectivity index (χ2n) is 3.52. The molecule has 1 aromatic rings. The van der Waals surface area contributed by atoms with E-state index in [9.17, 15) is 4.79 Å². The van der Waals surface area contributed by atoms with Gasteiger partial charge in [0.2, 0.25) is 5.91 Å². The topological polar surface area (TPSA) is 20.3 Å². The number of carbonyl (C=O) groups excluding carboxylic acids is 1. The molecule has 0 unspecified atom stereocenters. The number of hydrogen-bond acceptors (Lipinski definition) is 1. The van der Waals surface area contributed by atoms with Gasteiger partial charge in [0.05, 0.1) is 0 Å². The van der Waals surface area contributed by atoms with E-state index in [1.165, 1.54) is 5.56 Å². The number of hydrogen-bond donors (Lipinski definition) is 0. The van der Waals surface area contributed by atoms with Gasteiger partial charge >= 0.3 is 0 Å². The van der Waals surface area contributed by atoms with Crippen molar-refractivity contribution in [3.8, 4) is 0 Å². The van der Waals surface area contributed by atoms with Crippen LogP contribution in [0.25, 0.3) is 0 Å². The van der Waals surface area contributed by atoms with Crippen LogP contribution < -0.4 is 4.90 Å². The predicted octanol–water partition coefficient (Wildman–Crippen LogP) is 2.76. The number of aryl methyl sites for hydroxylation is 2. The maximum Gasteiger partial charge on any atom is 0.241 e. The Bertz CT molecular complexity index is 363. The molecule has 0 N–H and O–H groups in total. The number of para-hydroxylation sites is 1. The molecule has 0 bridgehead atoms. The first-order chi connectivity index (χ1) is 7.11. The van der Waals surface area contributed by atoms with Gasteiger partial charge in [0.25, 0.3) is 0 Å². The lowest BCUT2D eigenvalue weighted by Gasteiger charge is -2.21. The van der Waals surface area contributed by atoms with Crippen LogP contribution >= 0.6 is 11.6 Å². The van der Waals surface area contributed by atoms with E-state index in [0.29, 0.717) is 0 Å². The van der Waals surface area contributed by atoms with Crippen LogP contribution in [0, 0.1) is 6.92 Å². The summed E-state index contributed by atoms with van der Waals surface area (Å²) in [4.78, 5) is 13.2. The summed E-state index contributed by atoms with van der Waals surface area (Å²) in [7, 11) is 1.77. The molecule has 0 heterocycles. The molecule has 0 atom stereocenters. The van der Waals surface area contributed by atoms with Crippen LogP contribution in [-0.4, -0.2) is 18.8 Å². The Kier molecular flexibility index (Phi) is 4.15. The van der Waals surface area contributed by atoms with Crippen LogP contribution in [0.4, 0.5) is 5.69 Å². The average Bonchev–Trinajstić information content (AvgIpc) is 2.26. The van der Waals surface area contributed by atoms with Gasteiger partial charge in [-0.3, -0.25) is 4.79 Å². The van der Waals surface area contributed by atoms with Crippen LogP contribution in [0.5, 0.6) is 0 Å². The van der Waals surface area contributed by atoms with E-state index in [-0.39, 0.29) is 11.8 Å². The summed E-state index contributed by atoms with van der Waals surface area (Å²) in [5.74, 6) is -0.0470. The molecule has 1 rings (SSSR count). The van der Waals surface area contributed by atoms with Crippen LogP contribution in [0.15, 0.2) is 18.2 Å². The number of rotatable bonds is 3. The number of benzene rings is 1. The SMILES string of the molecule is CCc1cccc(C)c1N(C)C(=O)CCl. The minimum absolute atomic E-state index is 0.0218. The fourth-order valence-corrected chi connectivity index (χ4v) is 1.88. The smallest absolute Gasteiger partial charge is 0.241 e. The summed E-state index contributed by atoms with van der Waals surface area (Å²) in [5, 5.41) is 0. The highest BCUT2D eigenvalue weighted by atomic mass is 35.5. The van der Waals surface area contributed by atoms with Crippen molar-refractivity contribution in [1.82, 2.24) is 0 Å². The Morgan fingerprint density at radius 2 is 2.13 bits per heavy atom. The Morgan fingerprint density at radius 3 is 2.67 bits per heavy atom. The van der Waals surface area contributed by atoms with Gasteiger partial charge in [0, 0.05) is 12.7 Å². The van der Waals surface area contributed by atoms with E-state index in [1.54, 1.807) is 11.9 Å². The zero-order valence-corrected chi connectivity index (χ0v) is 10.1. The molecule has 0 radical (unpaired) electrons. The molecule has 1 aromatic carbocycles. The third kappa shape index (κ3) is 2.51. The molecule has 0 saturated carbocycles. The predicted molar refractivity (Wildman–Crippen MR) is 64.7 cm³/mol. The average molecular weight is 226 g/mol. The van der Waals surface area contributed by atoms with E-state index < -0.39 is 0 Å². The quantitative estimate of drug-likeness (QED) is 0.725. The fourth-order valence-electron chi connectivity index (χ4n) is 1.70. The van der Waals surface area contributed by atoms with E-state index in [4.69, 9.17) is 11.6 Å². The summed E-state index contributed by atoms with van der Waals surface area (Å²) in [6.07, 6.45) is 0.914. The van der Waals surface area contributed by atoms with Crippen molar-refractivity contribution in [3.63, 3.8) is 0 Å². The number of carbonyl (C=O) groups is 1. The molecular weight excluding hydrogens is 210 g/mol. The summed E-state index contributed by atoms with van der Waals surface area (Å²) >= 11 is 5.55. The van der Waals surface area contributed by atoms with Crippen LogP contribution in [0.3, 0.4) is 0 Å². The molecule has 82 valence electrons.